The van der Waals surface area contributed by atoms with E-state index in [9.17, 15) is 9.59 Å². The summed E-state index contributed by atoms with van der Waals surface area (Å²) >= 11 is 3.49. The number of carbonyl (C=O) groups is 2. The Balaban J connectivity index is 2.21. The average Bonchev–Trinajstić information content (AvgIpc) is 2.99. The Morgan fingerprint density at radius 3 is 2.31 bits per heavy atom. The van der Waals surface area contributed by atoms with Crippen LogP contribution in [0.4, 0.5) is 5.69 Å². The first-order chi connectivity index (χ1) is 12.0. The molecule has 0 saturated heterocycles. The highest BCUT2D eigenvalue weighted by Crippen LogP contribution is 2.23. The standard InChI is InChI=1S/C17H25BrN6O2/c1-9(8-24-11(3)13(18)10(2)20-24)16(25)19-14-12(4)23(7)21-15(14)17(26)22(5)6/h9H,8H2,1-7H3,(H,19,25). The first-order valence-electron chi connectivity index (χ1n) is 8.30. The predicted molar refractivity (Wildman–Crippen MR) is 103 cm³/mol. The van der Waals surface area contributed by atoms with E-state index >= 15 is 0 Å². The van der Waals surface area contributed by atoms with Crippen molar-refractivity contribution in [3.8, 4) is 0 Å². The van der Waals surface area contributed by atoms with Gasteiger partial charge in [0.2, 0.25) is 5.91 Å². The molecule has 9 heteroatoms. The summed E-state index contributed by atoms with van der Waals surface area (Å²) < 4.78 is 4.35. The molecule has 2 heterocycles. The van der Waals surface area contributed by atoms with Crippen molar-refractivity contribution in [2.75, 3.05) is 19.4 Å². The molecule has 0 spiro atoms. The van der Waals surface area contributed by atoms with Crippen molar-refractivity contribution >= 4 is 33.4 Å². The lowest BCUT2D eigenvalue weighted by atomic mass is 10.1. The molecule has 2 amide bonds. The summed E-state index contributed by atoms with van der Waals surface area (Å²) in [7, 11) is 5.05. The minimum absolute atomic E-state index is 0.183. The number of hydrogen-bond acceptors (Lipinski definition) is 4. The summed E-state index contributed by atoms with van der Waals surface area (Å²) in [5.41, 5.74) is 3.28. The number of aryl methyl sites for hydroxylation is 2. The van der Waals surface area contributed by atoms with Crippen molar-refractivity contribution in [1.82, 2.24) is 24.5 Å². The van der Waals surface area contributed by atoms with Gasteiger partial charge in [-0.15, -0.1) is 0 Å². The lowest BCUT2D eigenvalue weighted by molar-refractivity contribution is -0.119. The fraction of sp³-hybridized carbons (Fsp3) is 0.529. The molecule has 1 atom stereocenters. The molecule has 0 bridgehead atoms. The number of hydrogen-bond donors (Lipinski definition) is 1. The smallest absolute Gasteiger partial charge is 0.276 e. The minimum atomic E-state index is -0.332. The molecule has 142 valence electrons. The quantitative estimate of drug-likeness (QED) is 0.797. The van der Waals surface area contributed by atoms with Crippen LogP contribution in [-0.2, 0) is 18.4 Å². The van der Waals surface area contributed by atoms with Gasteiger partial charge in [0.25, 0.3) is 5.91 Å². The molecular weight excluding hydrogens is 400 g/mol. The van der Waals surface area contributed by atoms with E-state index < -0.39 is 0 Å². The summed E-state index contributed by atoms with van der Waals surface area (Å²) in [4.78, 5) is 26.5. The van der Waals surface area contributed by atoms with Crippen molar-refractivity contribution in [3.63, 3.8) is 0 Å². The van der Waals surface area contributed by atoms with Crippen LogP contribution < -0.4 is 5.32 Å². The molecule has 1 unspecified atom stereocenters. The van der Waals surface area contributed by atoms with Crippen LogP contribution in [0.2, 0.25) is 0 Å². The number of nitrogens with one attached hydrogen (secondary N) is 1. The number of carbonyl (C=O) groups excluding carboxylic acids is 2. The number of aromatic nitrogens is 4. The van der Waals surface area contributed by atoms with Gasteiger partial charge in [0.15, 0.2) is 5.69 Å². The normalized spacial score (nSPS) is 12.2. The maximum atomic E-state index is 12.7. The molecule has 2 aromatic heterocycles. The molecular formula is C17H25BrN6O2. The largest absolute Gasteiger partial charge is 0.343 e. The zero-order valence-electron chi connectivity index (χ0n) is 16.2. The SMILES string of the molecule is Cc1nn(CC(C)C(=O)Nc2c(C(=O)N(C)C)nn(C)c2C)c(C)c1Br. The van der Waals surface area contributed by atoms with Crippen LogP contribution in [0, 0.1) is 26.7 Å². The zero-order valence-corrected chi connectivity index (χ0v) is 17.8. The third kappa shape index (κ3) is 3.82. The van der Waals surface area contributed by atoms with E-state index in [0.717, 1.165) is 21.6 Å². The Bertz CT molecular complexity index is 852. The molecule has 2 rings (SSSR count). The van der Waals surface area contributed by atoms with Gasteiger partial charge in [-0.25, -0.2) is 0 Å². The molecule has 0 fully saturated rings. The maximum Gasteiger partial charge on any atom is 0.276 e. The molecule has 2 aromatic rings. The summed E-state index contributed by atoms with van der Waals surface area (Å²) in [6, 6.07) is 0. The van der Waals surface area contributed by atoms with Crippen LogP contribution in [-0.4, -0.2) is 50.4 Å². The molecule has 0 saturated carbocycles. The number of rotatable bonds is 5. The van der Waals surface area contributed by atoms with E-state index in [2.05, 4.69) is 31.4 Å². The topological polar surface area (TPSA) is 85.1 Å². The van der Waals surface area contributed by atoms with E-state index in [1.807, 2.05) is 32.4 Å². The van der Waals surface area contributed by atoms with Gasteiger partial charge < -0.3 is 10.2 Å². The molecule has 0 radical (unpaired) electrons. The highest BCUT2D eigenvalue weighted by Gasteiger charge is 2.25. The fourth-order valence-corrected chi connectivity index (χ4v) is 2.84. The number of amides is 2. The Morgan fingerprint density at radius 1 is 1.19 bits per heavy atom. The van der Waals surface area contributed by atoms with Gasteiger partial charge in [0.05, 0.1) is 34.0 Å². The van der Waals surface area contributed by atoms with Crippen molar-refractivity contribution in [2.24, 2.45) is 13.0 Å². The van der Waals surface area contributed by atoms with Gasteiger partial charge in [-0.2, -0.15) is 10.2 Å². The molecule has 0 aliphatic carbocycles. The van der Waals surface area contributed by atoms with Gasteiger partial charge in [-0.1, -0.05) is 6.92 Å². The van der Waals surface area contributed by atoms with E-state index in [-0.39, 0.29) is 23.4 Å². The molecule has 0 aromatic carbocycles. The monoisotopic (exact) mass is 424 g/mol. The van der Waals surface area contributed by atoms with E-state index in [1.54, 1.807) is 25.8 Å². The second-order valence-electron chi connectivity index (χ2n) is 6.69. The highest BCUT2D eigenvalue weighted by molar-refractivity contribution is 9.10. The maximum absolute atomic E-state index is 12.7. The van der Waals surface area contributed by atoms with Crippen molar-refractivity contribution in [2.45, 2.75) is 34.2 Å². The fourth-order valence-electron chi connectivity index (χ4n) is 2.56. The van der Waals surface area contributed by atoms with E-state index in [0.29, 0.717) is 12.2 Å². The van der Waals surface area contributed by atoms with Gasteiger partial charge in [-0.05, 0) is 36.7 Å². The van der Waals surface area contributed by atoms with E-state index in [1.165, 1.54) is 4.90 Å². The molecule has 1 N–H and O–H groups in total. The van der Waals surface area contributed by atoms with Crippen LogP contribution in [0.1, 0.15) is 34.5 Å². The lowest BCUT2D eigenvalue weighted by Crippen LogP contribution is -2.28. The highest BCUT2D eigenvalue weighted by atomic mass is 79.9. The lowest BCUT2D eigenvalue weighted by Gasteiger charge is -2.15. The van der Waals surface area contributed by atoms with Crippen LogP contribution in [0.25, 0.3) is 0 Å². The number of halogens is 1. The van der Waals surface area contributed by atoms with Crippen molar-refractivity contribution in [3.05, 3.63) is 27.2 Å². The Labute approximate surface area is 161 Å². The summed E-state index contributed by atoms with van der Waals surface area (Å²) in [6.07, 6.45) is 0. The Morgan fingerprint density at radius 2 is 1.81 bits per heavy atom. The first-order valence-corrected chi connectivity index (χ1v) is 9.09. The summed E-state index contributed by atoms with van der Waals surface area (Å²) in [6.45, 7) is 7.96. The minimum Gasteiger partial charge on any atom is -0.343 e. The van der Waals surface area contributed by atoms with Gasteiger partial charge in [0.1, 0.15) is 0 Å². The molecule has 0 aliphatic rings. The second kappa shape index (κ2) is 7.61. The van der Waals surface area contributed by atoms with Crippen LogP contribution in [0.5, 0.6) is 0 Å². The van der Waals surface area contributed by atoms with Gasteiger partial charge >= 0.3 is 0 Å². The van der Waals surface area contributed by atoms with Gasteiger partial charge in [0, 0.05) is 26.8 Å². The third-order valence-corrected chi connectivity index (χ3v) is 5.53. The molecule has 0 aliphatic heterocycles. The molecule has 26 heavy (non-hydrogen) atoms. The average molecular weight is 425 g/mol. The number of nitrogens with zero attached hydrogens (tertiary/aromatic N) is 5. The second-order valence-corrected chi connectivity index (χ2v) is 7.48. The van der Waals surface area contributed by atoms with Crippen LogP contribution in [0.3, 0.4) is 0 Å². The Kier molecular flexibility index (Phi) is 5.90. The first kappa shape index (κ1) is 20.2. The summed E-state index contributed by atoms with van der Waals surface area (Å²) in [5.74, 6) is -0.765. The van der Waals surface area contributed by atoms with Gasteiger partial charge in [-0.3, -0.25) is 19.0 Å². The summed E-state index contributed by atoms with van der Waals surface area (Å²) in [5, 5.41) is 11.6. The van der Waals surface area contributed by atoms with E-state index in [4.69, 9.17) is 0 Å². The Hall–Kier alpha value is -2.16. The van der Waals surface area contributed by atoms with Crippen LogP contribution in [0.15, 0.2) is 4.47 Å². The predicted octanol–water partition coefficient (Wildman–Crippen LogP) is 2.28. The van der Waals surface area contributed by atoms with Crippen molar-refractivity contribution < 1.29 is 9.59 Å². The van der Waals surface area contributed by atoms with Crippen molar-refractivity contribution in [1.29, 1.82) is 0 Å². The third-order valence-electron chi connectivity index (χ3n) is 4.38. The molecule has 8 nitrogen and oxygen atoms in total. The zero-order chi connectivity index (χ0) is 19.8. The van der Waals surface area contributed by atoms with Crippen LogP contribution >= 0.6 is 15.9 Å². The number of anilines is 1.